The van der Waals surface area contributed by atoms with E-state index in [4.69, 9.17) is 23.8 Å². The van der Waals surface area contributed by atoms with Crippen LogP contribution < -0.4 is 4.90 Å². The summed E-state index contributed by atoms with van der Waals surface area (Å²) in [6, 6.07) is 81.6. The normalized spacial score (nSPS) is 13.2. The highest BCUT2D eigenvalue weighted by atomic mass is 16.3. The molecule has 0 amide bonds. The average molecular weight is 895 g/mol. The molecule has 0 atom stereocenters. The van der Waals surface area contributed by atoms with Crippen LogP contribution in [-0.2, 0) is 5.41 Å². The molecule has 4 heterocycles. The zero-order chi connectivity index (χ0) is 45.9. The fraction of sp³-hybridized carbons (Fsp3) is 0.0156. The van der Waals surface area contributed by atoms with Gasteiger partial charge in [0.05, 0.1) is 16.8 Å². The summed E-state index contributed by atoms with van der Waals surface area (Å²) in [5.74, 6) is 1.79. The van der Waals surface area contributed by atoms with Gasteiger partial charge in [0.1, 0.15) is 22.3 Å². The molecule has 326 valence electrons. The fourth-order valence-corrected chi connectivity index (χ4v) is 11.6. The molecule has 15 rings (SSSR count). The maximum atomic E-state index is 6.70. The Morgan fingerprint density at radius 1 is 0.329 bits per heavy atom. The molecule has 0 unspecified atom stereocenters. The second-order valence-electron chi connectivity index (χ2n) is 18.2. The zero-order valence-electron chi connectivity index (χ0n) is 37.5. The molecule has 6 nitrogen and oxygen atoms in total. The van der Waals surface area contributed by atoms with Gasteiger partial charge in [-0.3, -0.25) is 0 Å². The second-order valence-corrected chi connectivity index (χ2v) is 18.2. The van der Waals surface area contributed by atoms with Crippen LogP contribution in [0.5, 0.6) is 0 Å². The lowest BCUT2D eigenvalue weighted by Gasteiger charge is -2.45. The Morgan fingerprint density at radius 2 is 0.886 bits per heavy atom. The molecular formula is C64H38N4O2. The molecule has 0 saturated carbocycles. The summed E-state index contributed by atoms with van der Waals surface area (Å²) in [6.45, 7) is 0. The lowest BCUT2D eigenvalue weighted by atomic mass is 9.64. The first-order valence-corrected chi connectivity index (χ1v) is 23.7. The number of rotatable bonds is 5. The van der Waals surface area contributed by atoms with Gasteiger partial charge in [0.15, 0.2) is 17.5 Å². The molecule has 1 aliphatic heterocycles. The molecule has 2 aliphatic rings. The summed E-state index contributed by atoms with van der Waals surface area (Å²) in [4.78, 5) is 17.8. The second kappa shape index (κ2) is 14.8. The first-order chi connectivity index (χ1) is 34.7. The van der Waals surface area contributed by atoms with Gasteiger partial charge in [-0.15, -0.1) is 0 Å². The molecule has 0 radical (unpaired) electrons. The monoisotopic (exact) mass is 894 g/mol. The molecule has 3 aromatic heterocycles. The van der Waals surface area contributed by atoms with Crippen molar-refractivity contribution in [1.82, 2.24) is 15.0 Å². The molecule has 1 aliphatic carbocycles. The molecule has 0 bridgehead atoms. The first kappa shape index (κ1) is 38.7. The maximum Gasteiger partial charge on any atom is 0.164 e. The van der Waals surface area contributed by atoms with Crippen LogP contribution in [0, 0.1) is 0 Å². The number of furan rings is 2. The molecule has 0 saturated heterocycles. The predicted molar refractivity (Wildman–Crippen MR) is 282 cm³/mol. The highest BCUT2D eigenvalue weighted by Crippen LogP contribution is 2.64. The highest BCUT2D eigenvalue weighted by molar-refractivity contribution is 6.14. The molecule has 10 aromatic carbocycles. The van der Waals surface area contributed by atoms with Gasteiger partial charge in [-0.05, 0) is 87.5 Å². The van der Waals surface area contributed by atoms with Crippen molar-refractivity contribution in [3.05, 3.63) is 253 Å². The summed E-state index contributed by atoms with van der Waals surface area (Å²) in [6.07, 6.45) is 0. The quantitative estimate of drug-likeness (QED) is 0.171. The molecule has 1 spiro atoms. The molecule has 0 N–H and O–H groups in total. The van der Waals surface area contributed by atoms with Gasteiger partial charge >= 0.3 is 0 Å². The van der Waals surface area contributed by atoms with Gasteiger partial charge in [-0.2, -0.15) is 0 Å². The SMILES string of the molecule is c1ccc(-c2nc(-c3ccccc3)nc(-c3cccc4oc5ccc(N6c7ccccc7C7(c8ccccc8-c8ccccc87)c7cc(-c8cccc9c8oc8ccccc89)ccc76)cc5c34)n2)cc1. The Hall–Kier alpha value is -9.39. The van der Waals surface area contributed by atoms with E-state index >= 15 is 0 Å². The van der Waals surface area contributed by atoms with Crippen LogP contribution in [0.3, 0.4) is 0 Å². The zero-order valence-corrected chi connectivity index (χ0v) is 37.5. The Bertz CT molecular complexity index is 4160. The van der Waals surface area contributed by atoms with E-state index in [0.29, 0.717) is 17.5 Å². The Balaban J connectivity index is 0.981. The van der Waals surface area contributed by atoms with Gasteiger partial charge in [-0.25, -0.2) is 15.0 Å². The van der Waals surface area contributed by atoms with Crippen molar-refractivity contribution >= 4 is 60.9 Å². The van der Waals surface area contributed by atoms with Crippen LogP contribution in [0.1, 0.15) is 22.3 Å². The van der Waals surface area contributed by atoms with E-state index in [-0.39, 0.29) is 0 Å². The van der Waals surface area contributed by atoms with Gasteiger partial charge in [-0.1, -0.05) is 182 Å². The topological polar surface area (TPSA) is 68.2 Å². The minimum Gasteiger partial charge on any atom is -0.456 e. The molecular weight excluding hydrogens is 857 g/mol. The fourth-order valence-electron chi connectivity index (χ4n) is 11.6. The van der Waals surface area contributed by atoms with E-state index in [9.17, 15) is 0 Å². The van der Waals surface area contributed by atoms with Crippen LogP contribution in [0.25, 0.3) is 100 Å². The minimum atomic E-state index is -0.626. The van der Waals surface area contributed by atoms with Crippen LogP contribution >= 0.6 is 0 Å². The number of aromatic nitrogens is 3. The van der Waals surface area contributed by atoms with Gasteiger partial charge < -0.3 is 13.7 Å². The lowest BCUT2D eigenvalue weighted by Crippen LogP contribution is -2.36. The van der Waals surface area contributed by atoms with Crippen molar-refractivity contribution in [2.45, 2.75) is 5.41 Å². The van der Waals surface area contributed by atoms with E-state index in [0.717, 1.165) is 88.8 Å². The third-order valence-electron chi connectivity index (χ3n) is 14.5. The largest absolute Gasteiger partial charge is 0.456 e. The summed E-state index contributed by atoms with van der Waals surface area (Å²) in [5.41, 5.74) is 18.2. The lowest BCUT2D eigenvalue weighted by molar-refractivity contribution is 0.669. The number of fused-ring (bicyclic) bond motifs is 15. The number of benzene rings is 10. The van der Waals surface area contributed by atoms with Crippen molar-refractivity contribution in [2.24, 2.45) is 0 Å². The molecule has 0 fully saturated rings. The van der Waals surface area contributed by atoms with Crippen LogP contribution in [0.15, 0.2) is 239 Å². The average Bonchev–Trinajstić information content (AvgIpc) is 4.10. The Kier molecular flexibility index (Phi) is 8.18. The number of nitrogens with zero attached hydrogens (tertiary/aromatic N) is 4. The molecule has 6 heteroatoms. The summed E-state index contributed by atoms with van der Waals surface area (Å²) in [7, 11) is 0. The van der Waals surface area contributed by atoms with Crippen molar-refractivity contribution in [3.63, 3.8) is 0 Å². The van der Waals surface area contributed by atoms with Gasteiger partial charge in [0.2, 0.25) is 0 Å². The van der Waals surface area contributed by atoms with E-state index in [1.54, 1.807) is 0 Å². The van der Waals surface area contributed by atoms with E-state index in [2.05, 4.69) is 157 Å². The van der Waals surface area contributed by atoms with Crippen LogP contribution in [-0.4, -0.2) is 15.0 Å². The first-order valence-electron chi connectivity index (χ1n) is 23.7. The smallest absolute Gasteiger partial charge is 0.164 e. The number of anilines is 3. The molecule has 13 aromatic rings. The van der Waals surface area contributed by atoms with Crippen molar-refractivity contribution < 1.29 is 8.83 Å². The van der Waals surface area contributed by atoms with Gasteiger partial charge in [0, 0.05) is 49.5 Å². The third-order valence-corrected chi connectivity index (χ3v) is 14.5. The van der Waals surface area contributed by atoms with Crippen molar-refractivity contribution in [1.29, 1.82) is 0 Å². The molecule has 70 heavy (non-hydrogen) atoms. The third kappa shape index (κ3) is 5.47. The van der Waals surface area contributed by atoms with Crippen LogP contribution in [0.2, 0.25) is 0 Å². The Morgan fingerprint density at radius 3 is 1.64 bits per heavy atom. The Labute approximate surface area is 402 Å². The summed E-state index contributed by atoms with van der Waals surface area (Å²) >= 11 is 0. The van der Waals surface area contributed by atoms with E-state index < -0.39 is 5.41 Å². The standard InChI is InChI=1S/C64H38N4O2/c1-3-17-39(18-4-1)61-65-62(40-19-5-2-6-20-40)67-63(66-61)48-26-16-32-58-59(48)49-38-42(34-36-57(49)69-58)68-54-30-13-12-29-52(54)64(50-27-10-7-21-44(50)45-22-8-11-28-51(45)64)53-37-41(33-35-55(53)68)43-24-15-25-47-46-23-9-14-31-56(46)70-60(43)47/h1-38H. The van der Waals surface area contributed by atoms with Crippen molar-refractivity contribution in [3.8, 4) is 56.4 Å². The summed E-state index contributed by atoms with van der Waals surface area (Å²) < 4.78 is 13.4. The number of para-hydroxylation sites is 3. The maximum absolute atomic E-state index is 6.70. The van der Waals surface area contributed by atoms with E-state index in [1.807, 2.05) is 78.9 Å². The predicted octanol–water partition coefficient (Wildman–Crippen LogP) is 16.5. The van der Waals surface area contributed by atoms with Gasteiger partial charge in [0.25, 0.3) is 0 Å². The minimum absolute atomic E-state index is 0.576. The number of hydrogen-bond acceptors (Lipinski definition) is 6. The highest BCUT2D eigenvalue weighted by Gasteiger charge is 2.51. The summed E-state index contributed by atoms with van der Waals surface area (Å²) in [5, 5.41) is 4.13. The number of hydrogen-bond donors (Lipinski definition) is 0. The van der Waals surface area contributed by atoms with E-state index in [1.165, 1.54) is 33.4 Å². The van der Waals surface area contributed by atoms with Crippen LogP contribution in [0.4, 0.5) is 17.1 Å². The van der Waals surface area contributed by atoms with Crippen molar-refractivity contribution in [2.75, 3.05) is 4.90 Å².